The van der Waals surface area contributed by atoms with E-state index in [2.05, 4.69) is 12.1 Å². The standard InChI is InChI=1S/C21H29NO3/c1-14-9-10-15-13-17(19(23)16(15)12-14)18-8-6-5-7-11-22(18)20(24)25-21(2,3)4/h9-10,12,17-18H,5-8,11,13H2,1-4H3. The van der Waals surface area contributed by atoms with Crippen LogP contribution in [0.5, 0.6) is 0 Å². The number of benzene rings is 1. The van der Waals surface area contributed by atoms with E-state index in [1.807, 2.05) is 38.7 Å². The molecule has 1 aliphatic heterocycles. The Hall–Kier alpha value is -1.84. The van der Waals surface area contributed by atoms with Crippen LogP contribution < -0.4 is 0 Å². The van der Waals surface area contributed by atoms with Gasteiger partial charge in [-0.3, -0.25) is 4.79 Å². The average Bonchev–Trinajstić information content (AvgIpc) is 2.71. The van der Waals surface area contributed by atoms with E-state index in [9.17, 15) is 9.59 Å². The number of ketones is 1. The highest BCUT2D eigenvalue weighted by atomic mass is 16.6. The summed E-state index contributed by atoms with van der Waals surface area (Å²) in [6, 6.07) is 6.06. The van der Waals surface area contributed by atoms with Crippen LogP contribution in [0.4, 0.5) is 4.79 Å². The summed E-state index contributed by atoms with van der Waals surface area (Å²) >= 11 is 0. The van der Waals surface area contributed by atoms with Crippen molar-refractivity contribution in [3.63, 3.8) is 0 Å². The smallest absolute Gasteiger partial charge is 0.410 e. The normalized spacial score (nSPS) is 24.0. The van der Waals surface area contributed by atoms with E-state index in [0.717, 1.165) is 48.8 Å². The summed E-state index contributed by atoms with van der Waals surface area (Å²) in [7, 11) is 0. The molecule has 2 aliphatic rings. The number of carbonyl (C=O) groups is 2. The van der Waals surface area contributed by atoms with Crippen molar-refractivity contribution in [2.45, 2.75) is 71.4 Å². The first-order valence-corrected chi connectivity index (χ1v) is 9.39. The highest BCUT2D eigenvalue weighted by Crippen LogP contribution is 2.35. The molecule has 136 valence electrons. The van der Waals surface area contributed by atoms with E-state index in [0.29, 0.717) is 6.54 Å². The summed E-state index contributed by atoms with van der Waals surface area (Å²) in [4.78, 5) is 27.6. The molecular formula is C21H29NO3. The van der Waals surface area contributed by atoms with Crippen molar-refractivity contribution < 1.29 is 14.3 Å². The van der Waals surface area contributed by atoms with Gasteiger partial charge in [-0.05, 0) is 58.6 Å². The second-order valence-electron chi connectivity index (χ2n) is 8.43. The number of fused-ring (bicyclic) bond motifs is 1. The largest absolute Gasteiger partial charge is 0.444 e. The Balaban J connectivity index is 1.85. The quantitative estimate of drug-likeness (QED) is 0.752. The molecule has 2 unspecified atom stereocenters. The maximum Gasteiger partial charge on any atom is 0.410 e. The van der Waals surface area contributed by atoms with Gasteiger partial charge in [0, 0.05) is 24.1 Å². The lowest BCUT2D eigenvalue weighted by Gasteiger charge is -2.35. The van der Waals surface area contributed by atoms with Crippen LogP contribution in [-0.4, -0.2) is 35.0 Å². The lowest BCUT2D eigenvalue weighted by Crippen LogP contribution is -2.47. The molecule has 1 fully saturated rings. The van der Waals surface area contributed by atoms with Crippen molar-refractivity contribution in [3.8, 4) is 0 Å². The first kappa shape index (κ1) is 18.0. The zero-order valence-corrected chi connectivity index (χ0v) is 15.8. The Morgan fingerprint density at radius 3 is 2.68 bits per heavy atom. The van der Waals surface area contributed by atoms with Crippen LogP contribution >= 0.6 is 0 Å². The Morgan fingerprint density at radius 1 is 1.20 bits per heavy atom. The minimum absolute atomic E-state index is 0.0578. The molecule has 0 aromatic heterocycles. The van der Waals surface area contributed by atoms with Crippen molar-refractivity contribution in [2.75, 3.05) is 6.54 Å². The first-order valence-electron chi connectivity index (χ1n) is 9.39. The van der Waals surface area contributed by atoms with Crippen LogP contribution in [0.3, 0.4) is 0 Å². The van der Waals surface area contributed by atoms with Crippen LogP contribution in [0.2, 0.25) is 0 Å². The second-order valence-corrected chi connectivity index (χ2v) is 8.43. The Bertz CT molecular complexity index is 674. The maximum absolute atomic E-state index is 13.0. The monoisotopic (exact) mass is 343 g/mol. The zero-order chi connectivity index (χ0) is 18.2. The number of amides is 1. The summed E-state index contributed by atoms with van der Waals surface area (Å²) in [6.45, 7) is 8.35. The van der Waals surface area contributed by atoms with Gasteiger partial charge < -0.3 is 9.64 Å². The summed E-state index contributed by atoms with van der Waals surface area (Å²) < 4.78 is 5.63. The number of likely N-dealkylation sites (tertiary alicyclic amines) is 1. The molecule has 1 aromatic carbocycles. The molecule has 0 radical (unpaired) electrons. The van der Waals surface area contributed by atoms with Gasteiger partial charge in [0.15, 0.2) is 5.78 Å². The third kappa shape index (κ3) is 3.88. The molecule has 2 atom stereocenters. The molecule has 0 saturated carbocycles. The third-order valence-corrected chi connectivity index (χ3v) is 5.20. The van der Waals surface area contributed by atoms with Crippen LogP contribution in [0, 0.1) is 12.8 Å². The number of hydrogen-bond acceptors (Lipinski definition) is 3. The predicted octanol–water partition coefficient (Wildman–Crippen LogP) is 4.53. The molecule has 1 heterocycles. The van der Waals surface area contributed by atoms with E-state index in [1.165, 1.54) is 0 Å². The van der Waals surface area contributed by atoms with Gasteiger partial charge in [0.05, 0.1) is 0 Å². The van der Waals surface area contributed by atoms with E-state index >= 15 is 0 Å². The van der Waals surface area contributed by atoms with Gasteiger partial charge in [0.25, 0.3) is 0 Å². The number of nitrogens with zero attached hydrogens (tertiary/aromatic N) is 1. The third-order valence-electron chi connectivity index (χ3n) is 5.20. The van der Waals surface area contributed by atoms with Crippen molar-refractivity contribution >= 4 is 11.9 Å². The molecule has 1 amide bonds. The number of Topliss-reactive ketones (excluding diaryl/α,β-unsaturated/α-hetero) is 1. The van der Waals surface area contributed by atoms with Crippen molar-refractivity contribution in [1.82, 2.24) is 4.90 Å². The molecular weight excluding hydrogens is 314 g/mol. The molecule has 4 nitrogen and oxygen atoms in total. The Kier molecular flexibility index (Phi) is 4.90. The molecule has 0 N–H and O–H groups in total. The first-order chi connectivity index (χ1) is 11.8. The number of ether oxygens (including phenoxy) is 1. The Morgan fingerprint density at radius 2 is 1.96 bits per heavy atom. The van der Waals surface area contributed by atoms with Crippen LogP contribution in [0.25, 0.3) is 0 Å². The fraction of sp³-hybridized carbons (Fsp3) is 0.619. The van der Waals surface area contributed by atoms with Gasteiger partial charge in [0.1, 0.15) is 5.60 Å². The molecule has 3 rings (SSSR count). The topological polar surface area (TPSA) is 46.6 Å². The van der Waals surface area contributed by atoms with Crippen LogP contribution in [0.15, 0.2) is 18.2 Å². The molecule has 4 heteroatoms. The Labute approximate surface area is 150 Å². The lowest BCUT2D eigenvalue weighted by atomic mass is 9.91. The van der Waals surface area contributed by atoms with Gasteiger partial charge in [-0.1, -0.05) is 30.5 Å². The number of hydrogen-bond donors (Lipinski definition) is 0. The zero-order valence-electron chi connectivity index (χ0n) is 15.8. The van der Waals surface area contributed by atoms with Crippen molar-refractivity contribution in [2.24, 2.45) is 5.92 Å². The summed E-state index contributed by atoms with van der Waals surface area (Å²) in [5.74, 6) is 0.0570. The molecule has 25 heavy (non-hydrogen) atoms. The van der Waals surface area contributed by atoms with E-state index < -0.39 is 5.60 Å². The minimum atomic E-state index is -0.520. The van der Waals surface area contributed by atoms with Crippen LogP contribution in [0.1, 0.15) is 67.9 Å². The van der Waals surface area contributed by atoms with Crippen molar-refractivity contribution in [1.29, 1.82) is 0 Å². The fourth-order valence-electron chi connectivity index (χ4n) is 4.04. The number of carbonyl (C=O) groups excluding carboxylic acids is 2. The number of rotatable bonds is 1. The second kappa shape index (κ2) is 6.81. The number of aryl methyl sites for hydroxylation is 1. The molecule has 0 bridgehead atoms. The molecule has 1 aliphatic carbocycles. The average molecular weight is 343 g/mol. The summed E-state index contributed by atoms with van der Waals surface area (Å²) in [5, 5.41) is 0. The molecule has 1 aromatic rings. The van der Waals surface area contributed by atoms with Crippen LogP contribution in [-0.2, 0) is 11.2 Å². The minimum Gasteiger partial charge on any atom is -0.444 e. The lowest BCUT2D eigenvalue weighted by molar-refractivity contribution is 0.0112. The van der Waals surface area contributed by atoms with Gasteiger partial charge >= 0.3 is 6.09 Å². The van der Waals surface area contributed by atoms with Gasteiger partial charge in [-0.2, -0.15) is 0 Å². The summed E-state index contributed by atoms with van der Waals surface area (Å²) in [6.07, 6.45) is 4.47. The predicted molar refractivity (Wildman–Crippen MR) is 97.9 cm³/mol. The summed E-state index contributed by atoms with van der Waals surface area (Å²) in [5.41, 5.74) is 2.55. The highest BCUT2D eigenvalue weighted by Gasteiger charge is 2.41. The highest BCUT2D eigenvalue weighted by molar-refractivity contribution is 6.03. The van der Waals surface area contributed by atoms with Gasteiger partial charge in [-0.25, -0.2) is 4.79 Å². The fourth-order valence-corrected chi connectivity index (χ4v) is 4.04. The SMILES string of the molecule is Cc1ccc2c(c1)C(=O)C(C1CCCCCN1C(=O)OC(C)(C)C)C2. The van der Waals surface area contributed by atoms with E-state index in [1.54, 1.807) is 0 Å². The van der Waals surface area contributed by atoms with E-state index in [4.69, 9.17) is 4.74 Å². The van der Waals surface area contributed by atoms with Crippen molar-refractivity contribution in [3.05, 3.63) is 34.9 Å². The maximum atomic E-state index is 13.0. The molecule has 0 spiro atoms. The van der Waals surface area contributed by atoms with E-state index in [-0.39, 0.29) is 23.8 Å². The van der Waals surface area contributed by atoms with Gasteiger partial charge in [0.2, 0.25) is 0 Å². The van der Waals surface area contributed by atoms with Gasteiger partial charge in [-0.15, -0.1) is 0 Å². The molecule has 1 saturated heterocycles.